The first kappa shape index (κ1) is 10.5. The molecule has 1 aromatic heterocycles. The van der Waals surface area contributed by atoms with Crippen molar-refractivity contribution >= 4 is 12.6 Å². The number of hydrogen-bond acceptors (Lipinski definition) is 4. The van der Waals surface area contributed by atoms with Gasteiger partial charge in [-0.1, -0.05) is 0 Å². The summed E-state index contributed by atoms with van der Waals surface area (Å²) in [6.45, 7) is 6.53. The Morgan fingerprint density at radius 2 is 1.86 bits per heavy atom. The molecule has 1 aliphatic heterocycles. The van der Waals surface area contributed by atoms with Crippen LogP contribution in [0.4, 0.5) is 13.2 Å². The van der Waals surface area contributed by atoms with Gasteiger partial charge in [0.15, 0.2) is 0 Å². The van der Waals surface area contributed by atoms with Crippen molar-refractivity contribution in [3.05, 3.63) is 17.9 Å². The molecule has 21 heavy (non-hydrogen) atoms. The molecule has 0 unspecified atom stereocenters. The lowest BCUT2D eigenvalue weighted by Gasteiger charge is -2.32. The van der Waals surface area contributed by atoms with Gasteiger partial charge < -0.3 is 14.0 Å². The van der Waals surface area contributed by atoms with Gasteiger partial charge in [-0.25, -0.2) is 4.98 Å². The molecule has 0 aromatic carbocycles. The van der Waals surface area contributed by atoms with E-state index in [1.54, 1.807) is 27.7 Å². The summed E-state index contributed by atoms with van der Waals surface area (Å²) >= 11 is 0. The van der Waals surface area contributed by atoms with Gasteiger partial charge in [0.2, 0.25) is 0 Å². The molecule has 0 bridgehead atoms. The molecule has 0 radical (unpaired) electrons. The fourth-order valence-electron chi connectivity index (χ4n) is 1.72. The molecule has 0 saturated carbocycles. The molecule has 116 valence electrons. The number of rotatable bonds is 2. The van der Waals surface area contributed by atoms with Gasteiger partial charge >= 0.3 is 13.3 Å². The van der Waals surface area contributed by atoms with Gasteiger partial charge in [-0.15, -0.1) is 0 Å². The van der Waals surface area contributed by atoms with Crippen molar-refractivity contribution in [1.29, 1.82) is 0 Å². The Balaban J connectivity index is 2.71. The van der Waals surface area contributed by atoms with Crippen LogP contribution >= 0.6 is 0 Å². The Bertz CT molecular complexity index is 708. The molecule has 0 N–H and O–H groups in total. The van der Waals surface area contributed by atoms with E-state index in [2.05, 4.69) is 9.72 Å². The molecule has 1 aliphatic rings. The lowest BCUT2D eigenvalue weighted by Crippen LogP contribution is -2.41. The summed E-state index contributed by atoms with van der Waals surface area (Å²) < 4.78 is 92.5. The van der Waals surface area contributed by atoms with Crippen LogP contribution in [0, 0.1) is 0 Å². The van der Waals surface area contributed by atoms with Crippen LogP contribution in [-0.4, -0.2) is 30.3 Å². The van der Waals surface area contributed by atoms with Crippen LogP contribution in [0.15, 0.2) is 12.2 Å². The van der Waals surface area contributed by atoms with Crippen molar-refractivity contribution in [1.82, 2.24) is 4.98 Å². The quantitative estimate of drug-likeness (QED) is 0.787. The van der Waals surface area contributed by atoms with E-state index in [0.717, 1.165) is 0 Å². The fourth-order valence-corrected chi connectivity index (χ4v) is 1.72. The lowest BCUT2D eigenvalue weighted by atomic mass is 9.78. The number of nitrogens with zero attached hydrogens (tertiary/aromatic N) is 1. The lowest BCUT2D eigenvalue weighted by molar-refractivity contribution is -0.141. The average Bonchev–Trinajstić information content (AvgIpc) is 2.59. The predicted molar refractivity (Wildman–Crippen MR) is 71.5 cm³/mol. The molecular weight excluding hydrogens is 286 g/mol. The summed E-state index contributed by atoms with van der Waals surface area (Å²) in [6, 6.07) is -1.16. The number of halogens is 3. The number of alkyl halides is 3. The molecule has 2 heterocycles. The van der Waals surface area contributed by atoms with Gasteiger partial charge in [0.25, 0.3) is 0 Å². The van der Waals surface area contributed by atoms with Gasteiger partial charge in [0.1, 0.15) is 11.4 Å². The number of aromatic nitrogens is 1. The first-order valence-corrected chi connectivity index (χ1v) is 6.09. The Morgan fingerprint density at radius 1 is 1.29 bits per heavy atom. The van der Waals surface area contributed by atoms with E-state index in [-0.39, 0.29) is 0 Å². The van der Waals surface area contributed by atoms with E-state index < -0.39 is 60.7 Å². The summed E-state index contributed by atoms with van der Waals surface area (Å²) in [4.78, 5) is 3.00. The van der Waals surface area contributed by atoms with E-state index in [1.165, 1.54) is 0 Å². The van der Waals surface area contributed by atoms with E-state index in [4.69, 9.17) is 16.2 Å². The smallest absolute Gasteiger partial charge is 0.496 e. The third-order valence-corrected chi connectivity index (χ3v) is 3.63. The van der Waals surface area contributed by atoms with Gasteiger partial charge in [-0.3, -0.25) is 0 Å². The molecule has 8 heteroatoms. The van der Waals surface area contributed by atoms with Crippen LogP contribution in [0.1, 0.15) is 40.2 Å². The predicted octanol–water partition coefficient (Wildman–Crippen LogP) is 2.41. The summed E-state index contributed by atoms with van der Waals surface area (Å²) in [5, 5.41) is 0. The Labute approximate surface area is 128 Å². The molecule has 1 saturated heterocycles. The van der Waals surface area contributed by atoms with E-state index >= 15 is 0 Å². The largest absolute Gasteiger partial charge is 0.498 e. The second-order valence-electron chi connectivity index (χ2n) is 5.63. The highest BCUT2D eigenvalue weighted by Gasteiger charge is 2.53. The average molecular weight is 308 g/mol. The zero-order chi connectivity index (χ0) is 20.3. The van der Waals surface area contributed by atoms with Crippen LogP contribution in [0.25, 0.3) is 0 Å². The highest BCUT2D eigenvalue weighted by atomic mass is 19.4. The molecule has 0 atom stereocenters. The van der Waals surface area contributed by atoms with Crippen molar-refractivity contribution < 1.29 is 34.1 Å². The second-order valence-corrected chi connectivity index (χ2v) is 5.63. The molecular formula is C13H17BF3NO3. The van der Waals surface area contributed by atoms with Crippen LogP contribution < -0.4 is 10.2 Å². The molecule has 4 nitrogen and oxygen atoms in total. The highest BCUT2D eigenvalue weighted by molar-refractivity contribution is 6.63. The third kappa shape index (κ3) is 2.87. The zero-order valence-corrected chi connectivity index (χ0v) is 11.9. The highest BCUT2D eigenvalue weighted by Crippen LogP contribution is 2.37. The summed E-state index contributed by atoms with van der Waals surface area (Å²) in [5.74, 6) is -0.804. The van der Waals surface area contributed by atoms with E-state index in [9.17, 15) is 13.2 Å². The first-order valence-electron chi connectivity index (χ1n) is 8.59. The number of methoxy groups -OCH3 is 1. The van der Waals surface area contributed by atoms with Crippen molar-refractivity contribution in [2.45, 2.75) is 45.1 Å². The zero-order valence-electron chi connectivity index (χ0n) is 16.9. The standard InChI is InChI=1S/C13H17BF3NO3/c1-11(2)12(3,4)21-14(20-11)8-6-10(13(15,16)17)18-7-9(8)19-5/h6-7H,1-5H3/i5D3,6D,7D. The molecule has 1 aromatic rings. The van der Waals surface area contributed by atoms with Crippen LogP contribution in [-0.2, 0) is 15.5 Å². The normalized spacial score (nSPS) is 24.7. The first-order chi connectivity index (χ1) is 11.5. The minimum Gasteiger partial charge on any atom is -0.496 e. The summed E-state index contributed by atoms with van der Waals surface area (Å²) in [6.07, 6.45) is -6.10. The fraction of sp³-hybridized carbons (Fsp3) is 0.615. The van der Waals surface area contributed by atoms with Crippen LogP contribution in [0.2, 0.25) is 0 Å². The van der Waals surface area contributed by atoms with Gasteiger partial charge in [-0.05, 0) is 33.7 Å². The maximum Gasteiger partial charge on any atom is 0.498 e. The van der Waals surface area contributed by atoms with Crippen molar-refractivity contribution in [2.75, 3.05) is 7.04 Å². The third-order valence-electron chi connectivity index (χ3n) is 3.63. The van der Waals surface area contributed by atoms with Crippen LogP contribution in [0.5, 0.6) is 5.75 Å². The maximum absolute atomic E-state index is 13.2. The minimum absolute atomic E-state index is 0.632. The number of hydrogen-bond donors (Lipinski definition) is 0. The Kier molecular flexibility index (Phi) is 2.43. The van der Waals surface area contributed by atoms with Crippen molar-refractivity contribution in [2.24, 2.45) is 0 Å². The van der Waals surface area contributed by atoms with E-state index in [0.29, 0.717) is 0 Å². The second kappa shape index (κ2) is 4.88. The van der Waals surface area contributed by atoms with Gasteiger partial charge in [-0.2, -0.15) is 13.2 Å². The molecule has 0 spiro atoms. The SMILES string of the molecule is [2H]c1nc(C(F)(F)F)c([2H])c(B2OC(C)(C)C(C)(C)O2)c1OC([2H])([2H])[2H]. The summed E-state index contributed by atoms with van der Waals surface area (Å²) in [7, 11) is -4.60. The van der Waals surface area contributed by atoms with Crippen molar-refractivity contribution in [3.8, 4) is 5.75 Å². The molecule has 2 rings (SSSR count). The molecule has 1 fully saturated rings. The number of pyridine rings is 1. The number of ether oxygens (including phenoxy) is 1. The maximum atomic E-state index is 13.2. The van der Waals surface area contributed by atoms with Crippen molar-refractivity contribution in [3.63, 3.8) is 0 Å². The van der Waals surface area contributed by atoms with Crippen LogP contribution in [0.3, 0.4) is 0 Å². The molecule has 0 amide bonds. The van der Waals surface area contributed by atoms with Gasteiger partial charge in [0.05, 0.1) is 31.3 Å². The van der Waals surface area contributed by atoms with E-state index in [1.807, 2.05) is 0 Å². The molecule has 0 aliphatic carbocycles. The Morgan fingerprint density at radius 3 is 2.33 bits per heavy atom. The monoisotopic (exact) mass is 308 g/mol. The topological polar surface area (TPSA) is 40.6 Å². The Hall–Kier alpha value is -1.28. The minimum atomic E-state index is -5.02. The summed E-state index contributed by atoms with van der Waals surface area (Å²) in [5.41, 5.74) is -4.21. The van der Waals surface area contributed by atoms with Gasteiger partial charge in [0, 0.05) is 5.46 Å².